The molecule has 0 radical (unpaired) electrons. The number of aromatic nitrogens is 2. The predicted molar refractivity (Wildman–Crippen MR) is 115 cm³/mol. The van der Waals surface area contributed by atoms with E-state index in [0.29, 0.717) is 18.8 Å². The Morgan fingerprint density at radius 1 is 1.43 bits per heavy atom. The average molecular weight is 399 g/mol. The number of nitrogens with two attached hydrogens (primary N) is 1. The maximum Gasteiger partial charge on any atom is 0.231 e. The zero-order chi connectivity index (χ0) is 20.3. The SMILES string of the molecule is Bc1cc2c(cc1Sc1nc(=C(/C)N)/c(=C\C=C)n1CCOC(C)C)OCO2. The summed E-state index contributed by atoms with van der Waals surface area (Å²) in [6.07, 6.45) is 3.86. The van der Waals surface area contributed by atoms with Gasteiger partial charge in [-0.15, -0.1) is 0 Å². The molecule has 2 aromatic rings. The van der Waals surface area contributed by atoms with Gasteiger partial charge >= 0.3 is 0 Å². The van der Waals surface area contributed by atoms with Crippen LogP contribution in [0, 0.1) is 0 Å². The lowest BCUT2D eigenvalue weighted by atomic mass is 9.96. The molecule has 0 unspecified atom stereocenters. The molecule has 0 fully saturated rings. The molecule has 0 bridgehead atoms. The van der Waals surface area contributed by atoms with Gasteiger partial charge in [-0.05, 0) is 39.0 Å². The molecule has 1 aromatic heterocycles. The number of imidazole rings is 1. The van der Waals surface area contributed by atoms with Crippen LogP contribution >= 0.6 is 11.8 Å². The first-order valence-corrected chi connectivity index (χ1v) is 10.1. The van der Waals surface area contributed by atoms with Crippen molar-refractivity contribution in [1.29, 1.82) is 0 Å². The van der Waals surface area contributed by atoms with Crippen molar-refractivity contribution < 1.29 is 14.2 Å². The number of ether oxygens (including phenoxy) is 3. The van der Waals surface area contributed by atoms with E-state index in [-0.39, 0.29) is 12.9 Å². The second-order valence-corrected chi connectivity index (χ2v) is 7.87. The molecular formula is C20H26BN3O3S. The molecule has 0 aliphatic carbocycles. The molecule has 28 heavy (non-hydrogen) atoms. The van der Waals surface area contributed by atoms with Gasteiger partial charge in [-0.25, -0.2) is 4.98 Å². The largest absolute Gasteiger partial charge is 0.454 e. The fraction of sp³-hybridized carbons (Fsp3) is 0.350. The third-order valence-electron chi connectivity index (χ3n) is 4.26. The monoisotopic (exact) mass is 399 g/mol. The Balaban J connectivity index is 2.05. The Bertz CT molecular complexity index is 997. The highest BCUT2D eigenvalue weighted by Gasteiger charge is 2.18. The first-order valence-electron chi connectivity index (χ1n) is 9.26. The summed E-state index contributed by atoms with van der Waals surface area (Å²) in [5.74, 6) is 1.54. The number of hydrogen-bond donors (Lipinski definition) is 1. The second-order valence-electron chi connectivity index (χ2n) is 6.86. The second kappa shape index (κ2) is 8.79. The summed E-state index contributed by atoms with van der Waals surface area (Å²) in [6, 6.07) is 4.00. The van der Waals surface area contributed by atoms with E-state index >= 15 is 0 Å². The first kappa shape index (κ1) is 20.4. The Morgan fingerprint density at radius 2 is 2.14 bits per heavy atom. The van der Waals surface area contributed by atoms with Crippen LogP contribution in [0.3, 0.4) is 0 Å². The average Bonchev–Trinajstić information content (AvgIpc) is 3.21. The van der Waals surface area contributed by atoms with Gasteiger partial charge in [0.25, 0.3) is 0 Å². The quantitative estimate of drug-likeness (QED) is 0.684. The van der Waals surface area contributed by atoms with Crippen LogP contribution in [-0.2, 0) is 11.3 Å². The molecule has 2 heterocycles. The predicted octanol–water partition coefficient (Wildman–Crippen LogP) is 0.500. The summed E-state index contributed by atoms with van der Waals surface area (Å²) < 4.78 is 18.9. The molecule has 0 amide bonds. The third kappa shape index (κ3) is 4.39. The lowest BCUT2D eigenvalue weighted by Gasteiger charge is -2.12. The molecule has 3 rings (SSSR count). The first-order chi connectivity index (χ1) is 13.4. The maximum absolute atomic E-state index is 6.11. The van der Waals surface area contributed by atoms with E-state index in [1.165, 1.54) is 0 Å². The molecule has 2 N–H and O–H groups in total. The highest BCUT2D eigenvalue weighted by Crippen LogP contribution is 2.35. The van der Waals surface area contributed by atoms with Gasteiger partial charge in [0.05, 0.1) is 18.1 Å². The van der Waals surface area contributed by atoms with Crippen molar-refractivity contribution >= 4 is 36.8 Å². The standard InChI is InChI=1S/C20H26BN3O3S/c1-5-6-15-19(13(4)22)23-20(24(15)7-8-25-12(2)3)28-18-10-17-16(9-14(18)21)26-11-27-17/h5-6,9-10,12H,1,7-8,11,21-22H2,2-4H3/b15-6+,19-13-. The van der Waals surface area contributed by atoms with Crippen LogP contribution in [0.15, 0.2) is 34.8 Å². The summed E-state index contributed by atoms with van der Waals surface area (Å²) >= 11 is 1.58. The number of hydrogen-bond acceptors (Lipinski definition) is 6. The molecule has 8 heteroatoms. The summed E-state index contributed by atoms with van der Waals surface area (Å²) in [4.78, 5) is 5.87. The van der Waals surface area contributed by atoms with Crippen molar-refractivity contribution in [3.63, 3.8) is 0 Å². The zero-order valence-corrected chi connectivity index (χ0v) is 17.6. The van der Waals surface area contributed by atoms with Crippen LogP contribution in [0.25, 0.3) is 11.8 Å². The van der Waals surface area contributed by atoms with E-state index in [2.05, 4.69) is 19.0 Å². The normalized spacial score (nSPS) is 14.6. The highest BCUT2D eigenvalue weighted by atomic mass is 32.2. The van der Waals surface area contributed by atoms with Crippen LogP contribution in [0.4, 0.5) is 0 Å². The van der Waals surface area contributed by atoms with Crippen LogP contribution in [0.1, 0.15) is 20.8 Å². The van der Waals surface area contributed by atoms with Gasteiger partial charge in [-0.3, -0.25) is 0 Å². The van der Waals surface area contributed by atoms with E-state index in [9.17, 15) is 0 Å². The highest BCUT2D eigenvalue weighted by molar-refractivity contribution is 7.99. The van der Waals surface area contributed by atoms with Gasteiger partial charge in [0.1, 0.15) is 13.2 Å². The van der Waals surface area contributed by atoms with Gasteiger partial charge in [-0.2, -0.15) is 0 Å². The minimum absolute atomic E-state index is 0.171. The van der Waals surface area contributed by atoms with Crippen LogP contribution < -0.4 is 31.4 Å². The van der Waals surface area contributed by atoms with Gasteiger partial charge in [0.2, 0.25) is 6.79 Å². The van der Waals surface area contributed by atoms with Crippen LogP contribution in [0.5, 0.6) is 11.5 Å². The Hall–Kier alpha value is -2.32. The van der Waals surface area contributed by atoms with Gasteiger partial charge < -0.3 is 24.5 Å². The van der Waals surface area contributed by atoms with E-state index < -0.39 is 0 Å². The lowest BCUT2D eigenvalue weighted by Crippen LogP contribution is -2.34. The minimum atomic E-state index is 0.171. The molecular weight excluding hydrogens is 373 g/mol. The third-order valence-corrected chi connectivity index (χ3v) is 5.41. The Labute approximate surface area is 170 Å². The minimum Gasteiger partial charge on any atom is -0.454 e. The molecule has 6 nitrogen and oxygen atoms in total. The number of allylic oxidation sites excluding steroid dienone is 1. The van der Waals surface area contributed by atoms with Gasteiger partial charge in [-0.1, -0.05) is 29.9 Å². The molecule has 0 saturated heterocycles. The summed E-state index contributed by atoms with van der Waals surface area (Å²) in [5, 5.41) is 2.55. The fourth-order valence-corrected chi connectivity index (χ4v) is 3.94. The van der Waals surface area contributed by atoms with Crippen LogP contribution in [0.2, 0.25) is 0 Å². The van der Waals surface area contributed by atoms with Crippen molar-refractivity contribution in [2.75, 3.05) is 13.4 Å². The van der Waals surface area contributed by atoms with Gasteiger partial charge in [0.15, 0.2) is 16.7 Å². The Kier molecular flexibility index (Phi) is 6.41. The van der Waals surface area contributed by atoms with Gasteiger partial charge in [0, 0.05) is 17.1 Å². The summed E-state index contributed by atoms with van der Waals surface area (Å²) in [5.41, 5.74) is 7.88. The number of benzene rings is 1. The molecule has 0 saturated carbocycles. The molecule has 1 aliphatic heterocycles. The number of rotatable bonds is 7. The molecule has 1 aromatic carbocycles. The number of fused-ring (bicyclic) bond motifs is 1. The molecule has 148 valence electrons. The molecule has 0 spiro atoms. The smallest absolute Gasteiger partial charge is 0.231 e. The van der Waals surface area contributed by atoms with E-state index in [4.69, 9.17) is 24.9 Å². The lowest BCUT2D eigenvalue weighted by molar-refractivity contribution is 0.0711. The van der Waals surface area contributed by atoms with E-state index in [1.54, 1.807) is 17.8 Å². The summed E-state index contributed by atoms with van der Waals surface area (Å²) in [6.45, 7) is 11.3. The van der Waals surface area contributed by atoms with E-state index in [1.807, 2.05) is 39.0 Å². The van der Waals surface area contributed by atoms with Crippen molar-refractivity contribution in [3.8, 4) is 11.5 Å². The topological polar surface area (TPSA) is 71.5 Å². The Morgan fingerprint density at radius 3 is 2.79 bits per heavy atom. The van der Waals surface area contributed by atoms with Crippen molar-refractivity contribution in [2.45, 2.75) is 43.5 Å². The van der Waals surface area contributed by atoms with Crippen LogP contribution in [-0.4, -0.2) is 36.9 Å². The molecule has 0 atom stereocenters. The van der Waals surface area contributed by atoms with Crippen molar-refractivity contribution in [1.82, 2.24) is 9.55 Å². The number of nitrogens with zero attached hydrogens (tertiary/aromatic N) is 2. The van der Waals surface area contributed by atoms with Crippen molar-refractivity contribution in [2.24, 2.45) is 5.73 Å². The van der Waals surface area contributed by atoms with E-state index in [0.717, 1.165) is 37.7 Å². The summed E-state index contributed by atoms with van der Waals surface area (Å²) in [7, 11) is 2.05. The van der Waals surface area contributed by atoms with Crippen molar-refractivity contribution in [3.05, 3.63) is 35.5 Å². The molecule has 1 aliphatic rings. The fourth-order valence-electron chi connectivity index (χ4n) is 2.92. The maximum atomic E-state index is 6.11. The zero-order valence-electron chi connectivity index (χ0n) is 16.8.